The first-order chi connectivity index (χ1) is 9.29. The first-order valence-electron chi connectivity index (χ1n) is 8.29. The van der Waals surface area contributed by atoms with Gasteiger partial charge in [-0.05, 0) is 37.0 Å². The van der Waals surface area contributed by atoms with Gasteiger partial charge in [-0.15, -0.1) is 0 Å². The quantitative estimate of drug-likeness (QED) is 0.849. The van der Waals surface area contributed by atoms with Crippen LogP contribution in [0.25, 0.3) is 0 Å². The van der Waals surface area contributed by atoms with Crippen LogP contribution < -0.4 is 5.32 Å². The zero-order chi connectivity index (χ0) is 13.2. The van der Waals surface area contributed by atoms with Crippen LogP contribution in [0.3, 0.4) is 0 Å². The molecule has 0 radical (unpaired) electrons. The molecule has 3 atom stereocenters. The third-order valence-electron chi connectivity index (χ3n) is 5.64. The number of hydrogen-bond acceptors (Lipinski definition) is 2. The fraction of sp³-hybridized carbons (Fsp3) is 0.938. The highest BCUT2D eigenvalue weighted by atomic mass is 16.2. The maximum Gasteiger partial charge on any atom is 0.223 e. The maximum absolute atomic E-state index is 12.6. The molecule has 3 rings (SSSR count). The normalized spacial score (nSPS) is 35.6. The Kier molecular flexibility index (Phi) is 4.11. The van der Waals surface area contributed by atoms with Crippen LogP contribution >= 0.6 is 0 Å². The summed E-state index contributed by atoms with van der Waals surface area (Å²) in [5, 5.41) is 3.49. The van der Waals surface area contributed by atoms with Gasteiger partial charge in [0.1, 0.15) is 0 Å². The van der Waals surface area contributed by atoms with Crippen LogP contribution in [0, 0.1) is 17.8 Å². The smallest absolute Gasteiger partial charge is 0.223 e. The molecular weight excluding hydrogens is 236 g/mol. The van der Waals surface area contributed by atoms with Crippen molar-refractivity contribution in [1.29, 1.82) is 0 Å². The van der Waals surface area contributed by atoms with Crippen molar-refractivity contribution in [2.45, 2.75) is 57.9 Å². The lowest BCUT2D eigenvalue weighted by atomic mass is 9.86. The van der Waals surface area contributed by atoms with E-state index in [0.29, 0.717) is 17.9 Å². The Labute approximate surface area is 117 Å². The molecule has 2 saturated heterocycles. The summed E-state index contributed by atoms with van der Waals surface area (Å²) in [6.07, 6.45) is 8.56. The van der Waals surface area contributed by atoms with E-state index >= 15 is 0 Å². The Balaban J connectivity index is 1.59. The maximum atomic E-state index is 12.6. The zero-order valence-electron chi connectivity index (χ0n) is 12.2. The van der Waals surface area contributed by atoms with Crippen LogP contribution in [-0.4, -0.2) is 36.5 Å². The van der Waals surface area contributed by atoms with Crippen molar-refractivity contribution in [2.24, 2.45) is 17.8 Å². The Morgan fingerprint density at radius 1 is 1.21 bits per heavy atom. The molecule has 3 aliphatic rings. The number of rotatable bonds is 3. The lowest BCUT2D eigenvalue weighted by molar-refractivity contribution is -0.133. The van der Waals surface area contributed by atoms with Gasteiger partial charge in [-0.1, -0.05) is 26.2 Å². The number of likely N-dealkylation sites (tertiary alicyclic amines) is 1. The SMILES string of the molecule is CCC1C2CNCC2CN1C(=O)CC1CCCCC1. The molecule has 19 heavy (non-hydrogen) atoms. The van der Waals surface area contributed by atoms with E-state index in [0.717, 1.165) is 44.3 Å². The second kappa shape index (κ2) is 5.82. The molecule has 1 N–H and O–H groups in total. The summed E-state index contributed by atoms with van der Waals surface area (Å²) < 4.78 is 0. The molecule has 108 valence electrons. The topological polar surface area (TPSA) is 32.3 Å². The molecular formula is C16H28N2O. The number of carbonyl (C=O) groups excluding carboxylic acids is 1. The molecule has 0 spiro atoms. The second-order valence-corrected chi connectivity index (χ2v) is 6.81. The molecule has 3 fully saturated rings. The van der Waals surface area contributed by atoms with Gasteiger partial charge in [-0.25, -0.2) is 0 Å². The molecule has 0 aromatic rings. The number of nitrogens with zero attached hydrogens (tertiary/aromatic N) is 1. The van der Waals surface area contributed by atoms with E-state index in [1.165, 1.54) is 32.1 Å². The summed E-state index contributed by atoms with van der Waals surface area (Å²) in [5.74, 6) is 2.58. The monoisotopic (exact) mass is 264 g/mol. The predicted molar refractivity (Wildman–Crippen MR) is 76.8 cm³/mol. The van der Waals surface area contributed by atoms with E-state index in [-0.39, 0.29) is 0 Å². The number of fused-ring (bicyclic) bond motifs is 1. The van der Waals surface area contributed by atoms with Crippen molar-refractivity contribution in [3.63, 3.8) is 0 Å². The molecule has 1 saturated carbocycles. The van der Waals surface area contributed by atoms with E-state index in [4.69, 9.17) is 0 Å². The minimum absolute atomic E-state index is 0.452. The standard InChI is InChI=1S/C16H28N2O/c1-2-15-14-10-17-9-13(14)11-18(15)16(19)8-12-6-4-3-5-7-12/h12-15,17H,2-11H2,1H3. The van der Waals surface area contributed by atoms with Gasteiger partial charge in [0.05, 0.1) is 0 Å². The van der Waals surface area contributed by atoms with E-state index in [1.807, 2.05) is 0 Å². The summed E-state index contributed by atoms with van der Waals surface area (Å²) in [6.45, 7) is 5.50. The Morgan fingerprint density at radius 2 is 2.00 bits per heavy atom. The fourth-order valence-corrected chi connectivity index (χ4v) is 4.59. The van der Waals surface area contributed by atoms with Crippen LogP contribution in [-0.2, 0) is 4.79 Å². The first kappa shape index (κ1) is 13.4. The summed E-state index contributed by atoms with van der Waals surface area (Å²) in [5.41, 5.74) is 0. The number of hydrogen-bond donors (Lipinski definition) is 1. The zero-order valence-corrected chi connectivity index (χ0v) is 12.2. The van der Waals surface area contributed by atoms with E-state index < -0.39 is 0 Å². The van der Waals surface area contributed by atoms with Crippen LogP contribution in [0.5, 0.6) is 0 Å². The molecule has 1 aliphatic carbocycles. The molecule has 0 bridgehead atoms. The van der Waals surface area contributed by atoms with Crippen LogP contribution in [0.4, 0.5) is 0 Å². The third-order valence-corrected chi connectivity index (χ3v) is 5.64. The average molecular weight is 264 g/mol. The lowest BCUT2D eigenvalue weighted by Gasteiger charge is -2.29. The highest BCUT2D eigenvalue weighted by molar-refractivity contribution is 5.77. The molecule has 3 nitrogen and oxygen atoms in total. The van der Waals surface area contributed by atoms with Crippen molar-refractivity contribution in [3.05, 3.63) is 0 Å². The fourth-order valence-electron chi connectivity index (χ4n) is 4.59. The summed E-state index contributed by atoms with van der Waals surface area (Å²) >= 11 is 0. The second-order valence-electron chi connectivity index (χ2n) is 6.81. The van der Waals surface area contributed by atoms with Crippen LogP contribution in [0.15, 0.2) is 0 Å². The number of amides is 1. The van der Waals surface area contributed by atoms with Crippen molar-refractivity contribution >= 4 is 5.91 Å². The van der Waals surface area contributed by atoms with E-state index in [9.17, 15) is 4.79 Å². The first-order valence-corrected chi connectivity index (χ1v) is 8.29. The molecule has 2 aliphatic heterocycles. The minimum atomic E-state index is 0.452. The summed E-state index contributed by atoms with van der Waals surface area (Å²) in [4.78, 5) is 14.9. The number of nitrogens with one attached hydrogen (secondary N) is 1. The highest BCUT2D eigenvalue weighted by Crippen LogP contribution is 2.36. The van der Waals surface area contributed by atoms with Gasteiger partial charge in [0.2, 0.25) is 5.91 Å². The summed E-state index contributed by atoms with van der Waals surface area (Å²) in [7, 11) is 0. The molecule has 0 aromatic carbocycles. The van der Waals surface area contributed by atoms with Crippen LogP contribution in [0.2, 0.25) is 0 Å². The van der Waals surface area contributed by atoms with Gasteiger partial charge in [0.15, 0.2) is 0 Å². The minimum Gasteiger partial charge on any atom is -0.339 e. The van der Waals surface area contributed by atoms with Crippen LogP contribution in [0.1, 0.15) is 51.9 Å². The Morgan fingerprint density at radius 3 is 2.74 bits per heavy atom. The van der Waals surface area contributed by atoms with E-state index in [2.05, 4.69) is 17.1 Å². The molecule has 3 unspecified atom stereocenters. The summed E-state index contributed by atoms with van der Waals surface area (Å²) in [6, 6.07) is 0.510. The third kappa shape index (κ3) is 2.67. The average Bonchev–Trinajstić information content (AvgIpc) is 2.99. The Hall–Kier alpha value is -0.570. The lowest BCUT2D eigenvalue weighted by Crippen LogP contribution is -2.40. The largest absolute Gasteiger partial charge is 0.339 e. The van der Waals surface area contributed by atoms with Gasteiger partial charge in [-0.2, -0.15) is 0 Å². The molecule has 3 heteroatoms. The van der Waals surface area contributed by atoms with Crippen molar-refractivity contribution < 1.29 is 4.79 Å². The van der Waals surface area contributed by atoms with Gasteiger partial charge in [0, 0.05) is 32.1 Å². The van der Waals surface area contributed by atoms with Crippen molar-refractivity contribution in [3.8, 4) is 0 Å². The molecule has 1 amide bonds. The van der Waals surface area contributed by atoms with Gasteiger partial charge < -0.3 is 10.2 Å². The highest BCUT2D eigenvalue weighted by Gasteiger charge is 2.45. The van der Waals surface area contributed by atoms with Gasteiger partial charge >= 0.3 is 0 Å². The predicted octanol–water partition coefficient (Wildman–Crippen LogP) is 2.41. The van der Waals surface area contributed by atoms with Gasteiger partial charge in [-0.3, -0.25) is 4.79 Å². The number of carbonyl (C=O) groups is 1. The van der Waals surface area contributed by atoms with Crippen molar-refractivity contribution in [1.82, 2.24) is 10.2 Å². The Bertz CT molecular complexity index is 325. The molecule has 0 aromatic heterocycles. The molecule has 2 heterocycles. The van der Waals surface area contributed by atoms with Gasteiger partial charge in [0.25, 0.3) is 0 Å². The van der Waals surface area contributed by atoms with E-state index in [1.54, 1.807) is 0 Å². The van der Waals surface area contributed by atoms with Crippen molar-refractivity contribution in [2.75, 3.05) is 19.6 Å².